The maximum absolute atomic E-state index is 13.1. The van der Waals surface area contributed by atoms with E-state index in [4.69, 9.17) is 5.26 Å². The highest BCUT2D eigenvalue weighted by Crippen LogP contribution is 2.35. The molecule has 104 valence electrons. The van der Waals surface area contributed by atoms with Crippen LogP contribution in [-0.2, 0) is 6.54 Å². The zero-order chi connectivity index (χ0) is 15.0. The summed E-state index contributed by atoms with van der Waals surface area (Å²) in [6.07, 6.45) is 1.39. The van der Waals surface area contributed by atoms with Gasteiger partial charge in [-0.2, -0.15) is 5.26 Å². The SMILES string of the molecule is Cc1sc2ncn(CC#N)c(=O)c2c1-c1ccc(F)cc1. The first-order valence-corrected chi connectivity index (χ1v) is 7.05. The summed E-state index contributed by atoms with van der Waals surface area (Å²) in [6.45, 7) is 1.86. The minimum Gasteiger partial charge on any atom is -0.285 e. The van der Waals surface area contributed by atoms with Crippen molar-refractivity contribution in [2.75, 3.05) is 0 Å². The zero-order valence-electron chi connectivity index (χ0n) is 11.1. The van der Waals surface area contributed by atoms with Gasteiger partial charge in [0.2, 0.25) is 0 Å². The molecule has 1 aromatic carbocycles. The number of nitrogens with zero attached hydrogens (tertiary/aromatic N) is 3. The molecule has 0 saturated carbocycles. The summed E-state index contributed by atoms with van der Waals surface area (Å²) in [5.41, 5.74) is 1.29. The molecule has 21 heavy (non-hydrogen) atoms. The molecule has 4 nitrogen and oxygen atoms in total. The van der Waals surface area contributed by atoms with Crippen molar-refractivity contribution >= 4 is 21.6 Å². The molecule has 0 aliphatic heterocycles. The van der Waals surface area contributed by atoms with Crippen LogP contribution in [0.1, 0.15) is 4.88 Å². The highest BCUT2D eigenvalue weighted by atomic mass is 32.1. The number of hydrogen-bond acceptors (Lipinski definition) is 4. The van der Waals surface area contributed by atoms with Crippen molar-refractivity contribution in [3.05, 3.63) is 51.6 Å². The summed E-state index contributed by atoms with van der Waals surface area (Å²) in [6, 6.07) is 7.95. The van der Waals surface area contributed by atoms with Gasteiger partial charge in [-0.15, -0.1) is 11.3 Å². The molecule has 0 saturated heterocycles. The van der Waals surface area contributed by atoms with Gasteiger partial charge in [-0.1, -0.05) is 12.1 Å². The maximum atomic E-state index is 13.1. The highest BCUT2D eigenvalue weighted by Gasteiger charge is 2.16. The van der Waals surface area contributed by atoms with Crippen LogP contribution in [0.3, 0.4) is 0 Å². The molecule has 0 radical (unpaired) electrons. The van der Waals surface area contributed by atoms with Crippen LogP contribution in [0.15, 0.2) is 35.4 Å². The molecule has 0 aliphatic rings. The van der Waals surface area contributed by atoms with Crippen LogP contribution in [0.5, 0.6) is 0 Å². The highest BCUT2D eigenvalue weighted by molar-refractivity contribution is 7.19. The van der Waals surface area contributed by atoms with Crippen LogP contribution in [0, 0.1) is 24.1 Å². The molecule has 0 unspecified atom stereocenters. The second kappa shape index (κ2) is 5.11. The second-order valence-electron chi connectivity index (χ2n) is 4.56. The van der Waals surface area contributed by atoms with E-state index in [1.54, 1.807) is 12.1 Å². The van der Waals surface area contributed by atoms with Gasteiger partial charge in [0.25, 0.3) is 5.56 Å². The number of nitriles is 1. The fraction of sp³-hybridized carbons (Fsp3) is 0.133. The van der Waals surface area contributed by atoms with Crippen LogP contribution in [-0.4, -0.2) is 9.55 Å². The van der Waals surface area contributed by atoms with E-state index in [1.807, 2.05) is 13.0 Å². The lowest BCUT2D eigenvalue weighted by Crippen LogP contribution is -2.19. The van der Waals surface area contributed by atoms with Crippen molar-refractivity contribution in [2.45, 2.75) is 13.5 Å². The summed E-state index contributed by atoms with van der Waals surface area (Å²) >= 11 is 1.42. The first-order valence-electron chi connectivity index (χ1n) is 6.23. The van der Waals surface area contributed by atoms with Gasteiger partial charge in [0.1, 0.15) is 23.5 Å². The maximum Gasteiger partial charge on any atom is 0.263 e. The molecule has 2 aromatic heterocycles. The normalized spacial score (nSPS) is 10.7. The molecule has 0 aliphatic carbocycles. The Bertz CT molecular complexity index is 919. The fourth-order valence-corrected chi connectivity index (χ4v) is 3.29. The van der Waals surface area contributed by atoms with E-state index < -0.39 is 0 Å². The Kier molecular flexibility index (Phi) is 3.28. The van der Waals surface area contributed by atoms with Crippen molar-refractivity contribution in [1.82, 2.24) is 9.55 Å². The average Bonchev–Trinajstić information content (AvgIpc) is 2.80. The van der Waals surface area contributed by atoms with E-state index in [2.05, 4.69) is 4.98 Å². The topological polar surface area (TPSA) is 58.7 Å². The zero-order valence-corrected chi connectivity index (χ0v) is 11.9. The lowest BCUT2D eigenvalue weighted by Gasteiger charge is -2.03. The van der Waals surface area contributed by atoms with Gasteiger partial charge in [-0.05, 0) is 24.6 Å². The quantitative estimate of drug-likeness (QED) is 0.730. The van der Waals surface area contributed by atoms with Gasteiger partial charge in [-0.25, -0.2) is 9.37 Å². The van der Waals surface area contributed by atoms with E-state index in [-0.39, 0.29) is 17.9 Å². The molecule has 0 atom stereocenters. The van der Waals surface area contributed by atoms with Crippen molar-refractivity contribution in [3.8, 4) is 17.2 Å². The van der Waals surface area contributed by atoms with Crippen LogP contribution in [0.4, 0.5) is 4.39 Å². The summed E-state index contributed by atoms with van der Waals surface area (Å²) in [5.74, 6) is -0.323. The van der Waals surface area contributed by atoms with E-state index >= 15 is 0 Å². The minimum absolute atomic E-state index is 0.0421. The predicted molar refractivity (Wildman–Crippen MR) is 79.6 cm³/mol. The first-order chi connectivity index (χ1) is 10.1. The molecule has 0 N–H and O–H groups in total. The number of rotatable bonds is 2. The second-order valence-corrected chi connectivity index (χ2v) is 5.76. The Labute approximate surface area is 123 Å². The Balaban J connectivity index is 2.34. The predicted octanol–water partition coefficient (Wildman–Crippen LogP) is 3.10. The third-order valence-electron chi connectivity index (χ3n) is 3.23. The molecule has 0 spiro atoms. The van der Waals surface area contributed by atoms with Gasteiger partial charge >= 0.3 is 0 Å². The Morgan fingerprint density at radius 1 is 1.38 bits per heavy atom. The van der Waals surface area contributed by atoms with Crippen molar-refractivity contribution in [1.29, 1.82) is 5.26 Å². The number of thiophene rings is 1. The Morgan fingerprint density at radius 3 is 2.76 bits per heavy atom. The van der Waals surface area contributed by atoms with Crippen LogP contribution in [0.25, 0.3) is 21.3 Å². The van der Waals surface area contributed by atoms with Gasteiger partial charge in [0.15, 0.2) is 0 Å². The van der Waals surface area contributed by atoms with Crippen LogP contribution in [0.2, 0.25) is 0 Å². The minimum atomic E-state index is -0.323. The van der Waals surface area contributed by atoms with Gasteiger partial charge in [-0.3, -0.25) is 9.36 Å². The van der Waals surface area contributed by atoms with Gasteiger partial charge in [0, 0.05) is 10.4 Å². The molecule has 0 bridgehead atoms. The smallest absolute Gasteiger partial charge is 0.263 e. The molecule has 0 fully saturated rings. The third kappa shape index (κ3) is 2.22. The summed E-state index contributed by atoms with van der Waals surface area (Å²) < 4.78 is 14.4. The average molecular weight is 299 g/mol. The van der Waals surface area contributed by atoms with Gasteiger partial charge in [0.05, 0.1) is 11.5 Å². The summed E-state index contributed by atoms with van der Waals surface area (Å²) in [7, 11) is 0. The molecule has 3 rings (SSSR count). The fourth-order valence-electron chi connectivity index (χ4n) is 2.29. The van der Waals surface area contributed by atoms with E-state index in [9.17, 15) is 9.18 Å². The van der Waals surface area contributed by atoms with Crippen LogP contribution < -0.4 is 5.56 Å². The lowest BCUT2D eigenvalue weighted by atomic mass is 10.0. The Hall–Kier alpha value is -2.52. The van der Waals surface area contributed by atoms with E-state index in [0.717, 1.165) is 16.0 Å². The molecule has 2 heterocycles. The molecule has 6 heteroatoms. The number of halogens is 1. The van der Waals surface area contributed by atoms with Crippen molar-refractivity contribution in [3.63, 3.8) is 0 Å². The number of fused-ring (bicyclic) bond motifs is 1. The number of aryl methyl sites for hydroxylation is 1. The number of benzene rings is 1. The molecular weight excluding hydrogens is 289 g/mol. The first kappa shape index (κ1) is 13.5. The van der Waals surface area contributed by atoms with E-state index in [0.29, 0.717) is 10.2 Å². The van der Waals surface area contributed by atoms with Gasteiger partial charge < -0.3 is 0 Å². The molecular formula is C15H10FN3OS. The van der Waals surface area contributed by atoms with Crippen LogP contribution >= 0.6 is 11.3 Å². The third-order valence-corrected chi connectivity index (χ3v) is 4.24. The van der Waals surface area contributed by atoms with Crippen molar-refractivity contribution in [2.24, 2.45) is 0 Å². The summed E-state index contributed by atoms with van der Waals surface area (Å²) in [5, 5.41) is 9.25. The number of aromatic nitrogens is 2. The number of hydrogen-bond donors (Lipinski definition) is 0. The standard InChI is InChI=1S/C15H10FN3OS/c1-9-12(10-2-4-11(16)5-3-10)13-14(21-9)18-8-19(7-6-17)15(13)20/h2-5,8H,7H2,1H3. The summed E-state index contributed by atoms with van der Waals surface area (Å²) in [4.78, 5) is 18.3. The lowest BCUT2D eigenvalue weighted by molar-refractivity contribution is 0.628. The monoisotopic (exact) mass is 299 g/mol. The Morgan fingerprint density at radius 2 is 2.10 bits per heavy atom. The van der Waals surface area contributed by atoms with E-state index in [1.165, 1.54) is 34.4 Å². The molecule has 3 aromatic rings. The largest absolute Gasteiger partial charge is 0.285 e. The van der Waals surface area contributed by atoms with Crippen molar-refractivity contribution < 1.29 is 4.39 Å². The molecule has 0 amide bonds.